The van der Waals surface area contributed by atoms with Crippen LogP contribution in [-0.4, -0.2) is 10.1 Å². The maximum atomic E-state index is 9.25. The Kier molecular flexibility index (Phi) is 4.09. The summed E-state index contributed by atoms with van der Waals surface area (Å²) in [4.78, 5) is 4.37. The van der Waals surface area contributed by atoms with Crippen LogP contribution in [0.5, 0.6) is 11.6 Å². The molecule has 0 aliphatic carbocycles. The molecule has 20 heavy (non-hydrogen) atoms. The second-order valence-corrected chi connectivity index (χ2v) is 5.96. The number of aliphatic hydroxyl groups is 1. The fourth-order valence-electron chi connectivity index (χ4n) is 2.14. The number of rotatable bonds is 3. The summed E-state index contributed by atoms with van der Waals surface area (Å²) >= 11 is 0. The fraction of sp³-hybridized carbons (Fsp3) is 0.353. The molecule has 0 saturated heterocycles. The van der Waals surface area contributed by atoms with E-state index in [0.29, 0.717) is 5.88 Å². The predicted molar refractivity (Wildman–Crippen MR) is 80.1 cm³/mol. The average molecular weight is 271 g/mol. The van der Waals surface area contributed by atoms with Crippen LogP contribution in [-0.2, 0) is 12.0 Å². The van der Waals surface area contributed by atoms with E-state index in [1.165, 1.54) is 0 Å². The van der Waals surface area contributed by atoms with E-state index in [9.17, 15) is 5.11 Å². The lowest BCUT2D eigenvalue weighted by molar-refractivity contribution is 0.281. The molecule has 0 fully saturated rings. The number of hydrogen-bond donors (Lipinski definition) is 1. The average Bonchev–Trinajstić information content (AvgIpc) is 2.37. The normalized spacial score (nSPS) is 11.4. The first kappa shape index (κ1) is 14.5. The molecule has 3 nitrogen and oxygen atoms in total. The highest BCUT2D eigenvalue weighted by molar-refractivity contribution is 5.41. The second kappa shape index (κ2) is 5.63. The Labute approximate surface area is 120 Å². The Bertz CT molecular complexity index is 600. The van der Waals surface area contributed by atoms with Crippen LogP contribution in [0.15, 0.2) is 36.4 Å². The van der Waals surface area contributed by atoms with Crippen molar-refractivity contribution in [2.45, 2.75) is 39.7 Å². The highest BCUT2D eigenvalue weighted by Crippen LogP contribution is 2.33. The van der Waals surface area contributed by atoms with E-state index in [0.717, 1.165) is 22.6 Å². The van der Waals surface area contributed by atoms with Gasteiger partial charge in [-0.15, -0.1) is 0 Å². The van der Waals surface area contributed by atoms with Gasteiger partial charge in [0.2, 0.25) is 5.88 Å². The van der Waals surface area contributed by atoms with Crippen LogP contribution >= 0.6 is 0 Å². The summed E-state index contributed by atoms with van der Waals surface area (Å²) in [6.45, 7) is 8.33. The third kappa shape index (κ3) is 3.36. The molecule has 0 atom stereocenters. The fourth-order valence-corrected chi connectivity index (χ4v) is 2.14. The Balaban J connectivity index is 2.38. The molecule has 3 heteroatoms. The van der Waals surface area contributed by atoms with Gasteiger partial charge in [0.15, 0.2) is 0 Å². The van der Waals surface area contributed by atoms with E-state index in [4.69, 9.17) is 4.74 Å². The molecule has 1 aromatic heterocycles. The minimum atomic E-state index is -0.0133. The SMILES string of the molecule is Cc1cc(CO)cc(Oc2ccccc2C(C)(C)C)n1. The number of aryl methyl sites for hydroxylation is 1. The van der Waals surface area contributed by atoms with Gasteiger partial charge < -0.3 is 9.84 Å². The van der Waals surface area contributed by atoms with Crippen molar-refractivity contribution >= 4 is 0 Å². The summed E-state index contributed by atoms with van der Waals surface area (Å²) in [5.41, 5.74) is 2.77. The van der Waals surface area contributed by atoms with Crippen molar-refractivity contribution in [1.29, 1.82) is 0 Å². The molecule has 1 N–H and O–H groups in total. The van der Waals surface area contributed by atoms with Crippen LogP contribution < -0.4 is 4.74 Å². The van der Waals surface area contributed by atoms with Crippen molar-refractivity contribution in [2.75, 3.05) is 0 Å². The van der Waals surface area contributed by atoms with Crippen LogP contribution in [0.25, 0.3) is 0 Å². The molecule has 0 saturated carbocycles. The van der Waals surface area contributed by atoms with Gasteiger partial charge in [0, 0.05) is 17.3 Å². The number of hydrogen-bond acceptors (Lipinski definition) is 3. The molecule has 0 bridgehead atoms. The number of ether oxygens (including phenoxy) is 1. The molecule has 0 spiro atoms. The third-order valence-electron chi connectivity index (χ3n) is 3.08. The van der Waals surface area contributed by atoms with E-state index >= 15 is 0 Å². The smallest absolute Gasteiger partial charge is 0.219 e. The molecule has 2 aromatic rings. The maximum absolute atomic E-state index is 9.25. The molecular formula is C17H21NO2. The molecule has 1 heterocycles. The quantitative estimate of drug-likeness (QED) is 0.918. The van der Waals surface area contributed by atoms with Crippen LogP contribution in [0.2, 0.25) is 0 Å². The Morgan fingerprint density at radius 2 is 1.85 bits per heavy atom. The van der Waals surface area contributed by atoms with Gasteiger partial charge in [0.05, 0.1) is 6.61 Å². The first-order valence-corrected chi connectivity index (χ1v) is 6.76. The van der Waals surface area contributed by atoms with Crippen LogP contribution in [0.1, 0.15) is 37.6 Å². The Morgan fingerprint density at radius 1 is 1.15 bits per heavy atom. The second-order valence-electron chi connectivity index (χ2n) is 5.96. The van der Waals surface area contributed by atoms with Crippen LogP contribution in [0, 0.1) is 6.92 Å². The molecule has 0 radical (unpaired) electrons. The number of aliphatic hydroxyl groups excluding tert-OH is 1. The molecule has 0 aliphatic rings. The molecule has 0 amide bonds. The van der Waals surface area contributed by atoms with E-state index in [-0.39, 0.29) is 12.0 Å². The zero-order valence-electron chi connectivity index (χ0n) is 12.5. The molecule has 0 aliphatic heterocycles. The lowest BCUT2D eigenvalue weighted by Gasteiger charge is -2.22. The Morgan fingerprint density at radius 3 is 2.50 bits per heavy atom. The summed E-state index contributed by atoms with van der Waals surface area (Å²) in [6.07, 6.45) is 0. The van der Waals surface area contributed by atoms with Gasteiger partial charge in [0.1, 0.15) is 5.75 Å². The molecular weight excluding hydrogens is 250 g/mol. The molecule has 1 aromatic carbocycles. The standard InChI is InChI=1S/C17H21NO2/c1-12-9-13(11-19)10-16(18-12)20-15-8-6-5-7-14(15)17(2,3)4/h5-10,19H,11H2,1-4H3. The number of para-hydroxylation sites is 1. The van der Waals surface area contributed by atoms with E-state index in [1.807, 2.05) is 31.2 Å². The van der Waals surface area contributed by atoms with Crippen LogP contribution in [0.3, 0.4) is 0 Å². The zero-order valence-corrected chi connectivity index (χ0v) is 12.5. The van der Waals surface area contributed by atoms with Crippen molar-refractivity contribution in [1.82, 2.24) is 4.98 Å². The predicted octanol–water partition coefficient (Wildman–Crippen LogP) is 3.97. The molecule has 106 valence electrons. The van der Waals surface area contributed by atoms with Crippen molar-refractivity contribution in [3.05, 3.63) is 53.2 Å². The van der Waals surface area contributed by atoms with Crippen molar-refractivity contribution in [3.8, 4) is 11.6 Å². The van der Waals surface area contributed by atoms with E-state index < -0.39 is 0 Å². The lowest BCUT2D eigenvalue weighted by Crippen LogP contribution is -2.12. The first-order chi connectivity index (χ1) is 9.40. The van der Waals surface area contributed by atoms with E-state index in [1.54, 1.807) is 6.07 Å². The summed E-state index contributed by atoms with van der Waals surface area (Å²) in [5.74, 6) is 1.33. The number of pyridine rings is 1. The van der Waals surface area contributed by atoms with Gasteiger partial charge in [-0.1, -0.05) is 39.0 Å². The maximum Gasteiger partial charge on any atom is 0.219 e. The first-order valence-electron chi connectivity index (χ1n) is 6.76. The van der Waals surface area contributed by atoms with Crippen molar-refractivity contribution < 1.29 is 9.84 Å². The molecule has 2 rings (SSSR count). The van der Waals surface area contributed by atoms with Gasteiger partial charge in [-0.05, 0) is 30.0 Å². The zero-order chi connectivity index (χ0) is 14.8. The summed E-state index contributed by atoms with van der Waals surface area (Å²) < 4.78 is 5.94. The number of benzene rings is 1. The van der Waals surface area contributed by atoms with Gasteiger partial charge in [-0.3, -0.25) is 0 Å². The Hall–Kier alpha value is -1.87. The minimum absolute atomic E-state index is 0.000225. The topological polar surface area (TPSA) is 42.4 Å². The largest absolute Gasteiger partial charge is 0.439 e. The highest BCUT2D eigenvalue weighted by Gasteiger charge is 2.19. The lowest BCUT2D eigenvalue weighted by atomic mass is 9.86. The van der Waals surface area contributed by atoms with Crippen LogP contribution in [0.4, 0.5) is 0 Å². The monoisotopic (exact) mass is 271 g/mol. The van der Waals surface area contributed by atoms with Gasteiger partial charge >= 0.3 is 0 Å². The summed E-state index contributed by atoms with van der Waals surface area (Å²) in [6, 6.07) is 11.6. The minimum Gasteiger partial charge on any atom is -0.439 e. The van der Waals surface area contributed by atoms with Gasteiger partial charge in [-0.2, -0.15) is 0 Å². The van der Waals surface area contributed by atoms with Gasteiger partial charge in [-0.25, -0.2) is 4.98 Å². The third-order valence-corrected chi connectivity index (χ3v) is 3.08. The van der Waals surface area contributed by atoms with Crippen molar-refractivity contribution in [2.24, 2.45) is 0 Å². The van der Waals surface area contributed by atoms with E-state index in [2.05, 4.69) is 31.8 Å². The molecule has 0 unspecified atom stereocenters. The summed E-state index contributed by atoms with van der Waals surface area (Å²) in [5, 5.41) is 9.25. The number of nitrogens with zero attached hydrogens (tertiary/aromatic N) is 1. The highest BCUT2D eigenvalue weighted by atomic mass is 16.5. The summed E-state index contributed by atoms with van der Waals surface area (Å²) in [7, 11) is 0. The number of aromatic nitrogens is 1. The van der Waals surface area contributed by atoms with Gasteiger partial charge in [0.25, 0.3) is 0 Å². The van der Waals surface area contributed by atoms with Crippen molar-refractivity contribution in [3.63, 3.8) is 0 Å².